The average molecular weight is 963 g/mol. The quantitative estimate of drug-likeness (QED) is 0.102. The SMILES string of the molecule is C#Cc1cccc2cc(O)cc(-c3ncc4c(N5CC6CC(O)C(C5)N6)nc(OCC5(CN6CCC(CCN7CCN(c8ccc9c(c8)CN([C@H]8CCC(=O)NC8=O)C9=O)CC7)CC6)CC5)nc4c3F)c12. The van der Waals surface area contributed by atoms with Crippen molar-refractivity contribution in [2.24, 2.45) is 11.3 Å². The zero-order valence-corrected chi connectivity index (χ0v) is 39.8. The number of amides is 3. The number of aliphatic hydroxyl groups excluding tert-OH is 1. The number of pyridine rings is 1. The monoisotopic (exact) mass is 962 g/mol. The Morgan fingerprint density at radius 1 is 0.930 bits per heavy atom. The minimum absolute atomic E-state index is 0.0206. The number of carbonyl (C=O) groups excluding carboxylic acids is 3. The molecule has 12 rings (SSSR count). The minimum atomic E-state index is -0.656. The number of benzene rings is 3. The number of halogens is 1. The molecule has 0 spiro atoms. The van der Waals surface area contributed by atoms with Crippen LogP contribution in [0.4, 0.5) is 15.9 Å². The number of anilines is 2. The number of hydrogen-bond donors (Lipinski definition) is 4. The first-order valence-corrected chi connectivity index (χ1v) is 25.4. The van der Waals surface area contributed by atoms with Gasteiger partial charge in [0.15, 0.2) is 5.82 Å². The van der Waals surface area contributed by atoms with E-state index >= 15 is 4.39 Å². The summed E-state index contributed by atoms with van der Waals surface area (Å²) in [5.41, 5.74) is 3.67. The second-order valence-corrected chi connectivity index (χ2v) is 21.1. The number of piperazine rings is 2. The van der Waals surface area contributed by atoms with Crippen molar-refractivity contribution in [2.75, 3.05) is 81.9 Å². The average Bonchev–Trinajstić information content (AvgIpc) is 3.99. The number of aromatic nitrogens is 3. The van der Waals surface area contributed by atoms with Crippen LogP contribution >= 0.6 is 0 Å². The molecule has 17 heteroatoms. The third kappa shape index (κ3) is 8.78. The highest BCUT2D eigenvalue weighted by Crippen LogP contribution is 2.47. The maximum absolute atomic E-state index is 17.1. The fraction of sp³-hybridized carbons (Fsp3) is 0.481. The van der Waals surface area contributed by atoms with Gasteiger partial charge in [-0.05, 0) is 118 Å². The Labute approximate surface area is 411 Å². The van der Waals surface area contributed by atoms with Gasteiger partial charge in [-0.3, -0.25) is 29.6 Å². The third-order valence-electron chi connectivity index (χ3n) is 16.4. The Morgan fingerprint density at radius 3 is 2.54 bits per heavy atom. The number of terminal acetylenes is 1. The van der Waals surface area contributed by atoms with Crippen molar-refractivity contribution in [3.05, 3.63) is 77.2 Å². The number of piperidine rings is 2. The lowest BCUT2D eigenvalue weighted by Crippen LogP contribution is -2.53. The predicted molar refractivity (Wildman–Crippen MR) is 265 cm³/mol. The first-order chi connectivity index (χ1) is 34.5. The molecule has 2 bridgehead atoms. The normalized spacial score (nSPS) is 24.7. The number of aliphatic hydroxyl groups is 1. The molecule has 4 N–H and O–H groups in total. The van der Waals surface area contributed by atoms with Gasteiger partial charge in [-0.15, -0.1) is 6.42 Å². The molecule has 71 heavy (non-hydrogen) atoms. The van der Waals surface area contributed by atoms with Gasteiger partial charge in [0.25, 0.3) is 5.91 Å². The molecule has 5 aromatic rings. The number of phenolic OH excluding ortho intramolecular Hbond substituents is 1. The molecule has 0 radical (unpaired) electrons. The molecule has 2 aromatic heterocycles. The number of aromatic hydroxyl groups is 1. The number of hydrogen-bond acceptors (Lipinski definition) is 14. The van der Waals surface area contributed by atoms with E-state index in [1.54, 1.807) is 29.3 Å². The summed E-state index contributed by atoms with van der Waals surface area (Å²) in [6.07, 6.45) is 13.8. The molecule has 16 nitrogen and oxygen atoms in total. The van der Waals surface area contributed by atoms with Crippen molar-refractivity contribution >= 4 is 50.9 Å². The summed E-state index contributed by atoms with van der Waals surface area (Å²) in [5, 5.41) is 29.1. The highest BCUT2D eigenvalue weighted by atomic mass is 19.1. The number of fused-ring (bicyclic) bond motifs is 5. The van der Waals surface area contributed by atoms with Crippen molar-refractivity contribution in [2.45, 2.75) is 82.1 Å². The standard InChI is InChI=1S/C54H59FN10O6/c1-2-33-4-3-5-34-23-38(66)25-40(46(33)34)48-47(55)49-41(26-56-48)50(64-28-36-24-44(67)42(29-64)57-36)60-53(59-49)71-31-54(13-14-54)30-62-16-11-32(12-17-62)10-15-61-18-20-63(21-19-61)37-6-7-39-35(22-37)27-65(52(39)70)43-8-9-45(68)58-51(43)69/h1,3-7,22-23,25-26,32,36,42-44,57,66-67H,8-21,24,27-31H2,(H,58,68,69)/t36?,42?,43-,44?/m0/s1. The number of rotatable bonds is 12. The summed E-state index contributed by atoms with van der Waals surface area (Å²) < 4.78 is 23.7. The molecule has 3 unspecified atom stereocenters. The molecule has 1 saturated carbocycles. The maximum Gasteiger partial charge on any atom is 0.319 e. The van der Waals surface area contributed by atoms with Crippen LogP contribution in [0, 0.1) is 29.5 Å². The molecular formula is C54H59FN10O6. The Hall–Kier alpha value is -6.45. The van der Waals surface area contributed by atoms with E-state index in [0.29, 0.717) is 83.7 Å². The molecule has 6 aliphatic heterocycles. The minimum Gasteiger partial charge on any atom is -0.508 e. The highest BCUT2D eigenvalue weighted by Gasteiger charge is 2.46. The highest BCUT2D eigenvalue weighted by molar-refractivity contribution is 6.06. The van der Waals surface area contributed by atoms with Crippen LogP contribution in [0.5, 0.6) is 11.8 Å². The Morgan fingerprint density at radius 2 is 1.76 bits per heavy atom. The van der Waals surface area contributed by atoms with E-state index in [-0.39, 0.29) is 64.6 Å². The van der Waals surface area contributed by atoms with Crippen molar-refractivity contribution in [3.63, 3.8) is 0 Å². The summed E-state index contributed by atoms with van der Waals surface area (Å²) in [7, 11) is 0. The first-order valence-electron chi connectivity index (χ1n) is 25.4. The third-order valence-corrected chi connectivity index (χ3v) is 16.4. The van der Waals surface area contributed by atoms with Crippen molar-refractivity contribution < 1.29 is 33.7 Å². The zero-order chi connectivity index (χ0) is 48.5. The van der Waals surface area contributed by atoms with E-state index < -0.39 is 18.0 Å². The Balaban J connectivity index is 0.665. The van der Waals surface area contributed by atoms with Crippen molar-refractivity contribution in [1.29, 1.82) is 0 Å². The van der Waals surface area contributed by atoms with Crippen LogP contribution < -0.4 is 25.2 Å². The number of phenols is 1. The van der Waals surface area contributed by atoms with Crippen LogP contribution in [0.15, 0.2) is 54.7 Å². The van der Waals surface area contributed by atoms with Gasteiger partial charge >= 0.3 is 6.01 Å². The predicted octanol–water partition coefficient (Wildman–Crippen LogP) is 4.43. The number of likely N-dealkylation sites (tertiary alicyclic amines) is 1. The lowest BCUT2D eigenvalue weighted by atomic mass is 9.92. The van der Waals surface area contributed by atoms with Crippen LogP contribution in [-0.4, -0.2) is 154 Å². The van der Waals surface area contributed by atoms with Gasteiger partial charge in [-0.25, -0.2) is 4.39 Å². The number of ether oxygens (including phenoxy) is 1. The molecule has 3 amide bonds. The Bertz CT molecular complexity index is 3000. The molecule has 3 aromatic carbocycles. The van der Waals surface area contributed by atoms with E-state index in [1.165, 1.54) is 12.5 Å². The smallest absolute Gasteiger partial charge is 0.319 e. The molecule has 5 saturated heterocycles. The van der Waals surface area contributed by atoms with Crippen LogP contribution in [-0.2, 0) is 16.1 Å². The largest absolute Gasteiger partial charge is 0.508 e. The topological polar surface area (TPSA) is 180 Å². The van der Waals surface area contributed by atoms with Crippen LogP contribution in [0.1, 0.15) is 72.9 Å². The van der Waals surface area contributed by atoms with Gasteiger partial charge in [-0.1, -0.05) is 18.1 Å². The van der Waals surface area contributed by atoms with Gasteiger partial charge < -0.3 is 39.9 Å². The van der Waals surface area contributed by atoms with Gasteiger partial charge in [0, 0.05) is 104 Å². The van der Waals surface area contributed by atoms with E-state index in [0.717, 1.165) is 89.3 Å². The Kier molecular flexibility index (Phi) is 11.8. The van der Waals surface area contributed by atoms with Gasteiger partial charge in [0.2, 0.25) is 11.8 Å². The zero-order valence-electron chi connectivity index (χ0n) is 39.8. The van der Waals surface area contributed by atoms with E-state index in [2.05, 4.69) is 47.2 Å². The lowest BCUT2D eigenvalue weighted by molar-refractivity contribution is -0.136. The fourth-order valence-corrected chi connectivity index (χ4v) is 12.2. The number of carbonyl (C=O) groups is 3. The maximum atomic E-state index is 17.1. The molecule has 368 valence electrons. The lowest BCUT2D eigenvalue weighted by Gasteiger charge is -2.38. The molecule has 8 heterocycles. The number of nitrogens with zero attached hydrogens (tertiary/aromatic N) is 8. The van der Waals surface area contributed by atoms with Crippen LogP contribution in [0.3, 0.4) is 0 Å². The summed E-state index contributed by atoms with van der Waals surface area (Å²) in [6.45, 7) is 9.75. The van der Waals surface area contributed by atoms with Gasteiger partial charge in [0.1, 0.15) is 28.8 Å². The number of imide groups is 1. The first kappa shape index (κ1) is 45.7. The summed E-state index contributed by atoms with van der Waals surface area (Å²) in [5.74, 6) is 2.39. The number of nitrogens with one attached hydrogen (secondary N) is 2. The van der Waals surface area contributed by atoms with Gasteiger partial charge in [-0.2, -0.15) is 9.97 Å². The van der Waals surface area contributed by atoms with Gasteiger partial charge in [0.05, 0.1) is 24.1 Å². The van der Waals surface area contributed by atoms with E-state index in [1.807, 2.05) is 18.2 Å². The second kappa shape index (κ2) is 18.3. The molecule has 1 aliphatic carbocycles. The van der Waals surface area contributed by atoms with E-state index in [9.17, 15) is 24.6 Å². The summed E-state index contributed by atoms with van der Waals surface area (Å²) in [6, 6.07) is 13.9. The van der Waals surface area contributed by atoms with Crippen LogP contribution in [0.2, 0.25) is 0 Å². The van der Waals surface area contributed by atoms with E-state index in [4.69, 9.17) is 21.1 Å². The van der Waals surface area contributed by atoms with Crippen LogP contribution in [0.25, 0.3) is 32.9 Å². The molecule has 4 atom stereocenters. The fourth-order valence-electron chi connectivity index (χ4n) is 12.2. The summed E-state index contributed by atoms with van der Waals surface area (Å²) >= 11 is 0. The van der Waals surface area contributed by atoms with Crippen molar-refractivity contribution in [3.8, 4) is 35.4 Å². The van der Waals surface area contributed by atoms with Crippen molar-refractivity contribution in [1.82, 2.24) is 40.3 Å². The molecule has 7 aliphatic rings. The molecular weight excluding hydrogens is 904 g/mol. The second-order valence-electron chi connectivity index (χ2n) is 21.1. The summed E-state index contributed by atoms with van der Waals surface area (Å²) in [4.78, 5) is 63.0. The molecule has 6 fully saturated rings.